The fourth-order valence-electron chi connectivity index (χ4n) is 2.12. The second-order valence-corrected chi connectivity index (χ2v) is 5.35. The normalized spacial score (nSPS) is 10.3. The van der Waals surface area contributed by atoms with Gasteiger partial charge in [0.2, 0.25) is 0 Å². The number of rotatable bonds is 3. The highest BCUT2D eigenvalue weighted by Crippen LogP contribution is 2.18. The lowest BCUT2D eigenvalue weighted by Crippen LogP contribution is -2.33. The molecule has 1 heterocycles. The molecule has 0 fully saturated rings. The van der Waals surface area contributed by atoms with Crippen LogP contribution in [0.1, 0.15) is 20.9 Å². The fourth-order valence-corrected chi connectivity index (χ4v) is 2.33. The summed E-state index contributed by atoms with van der Waals surface area (Å²) in [6.45, 7) is 0. The molecule has 0 spiro atoms. The van der Waals surface area contributed by atoms with E-state index in [1.54, 1.807) is 24.3 Å². The molecule has 0 aliphatic heterocycles. The van der Waals surface area contributed by atoms with Crippen molar-refractivity contribution in [1.29, 1.82) is 0 Å². The number of carboxylic acid groups (broad SMARTS) is 1. The number of benzene rings is 2. The molecule has 24 heavy (non-hydrogen) atoms. The molecule has 0 saturated heterocycles. The van der Waals surface area contributed by atoms with E-state index in [2.05, 4.69) is 10.6 Å². The maximum Gasteiger partial charge on any atom is 0.335 e. The summed E-state index contributed by atoms with van der Waals surface area (Å²) in [5.74, 6) is -1.32. The van der Waals surface area contributed by atoms with Crippen molar-refractivity contribution in [3.8, 4) is 0 Å². The van der Waals surface area contributed by atoms with Crippen molar-refractivity contribution in [2.24, 2.45) is 0 Å². The van der Waals surface area contributed by atoms with Gasteiger partial charge in [0, 0.05) is 11.1 Å². The Hall–Kier alpha value is -3.19. The third-order valence-corrected chi connectivity index (χ3v) is 3.47. The van der Waals surface area contributed by atoms with Crippen LogP contribution in [0.5, 0.6) is 0 Å². The van der Waals surface area contributed by atoms with Crippen LogP contribution < -0.4 is 10.6 Å². The van der Waals surface area contributed by atoms with E-state index in [0.29, 0.717) is 11.3 Å². The first-order chi connectivity index (χ1) is 11.5. The number of fused-ring (bicyclic) bond motifs is 1. The van der Waals surface area contributed by atoms with Gasteiger partial charge in [0.1, 0.15) is 5.58 Å². The molecule has 1 amide bonds. The second-order valence-electron chi connectivity index (χ2n) is 4.94. The summed E-state index contributed by atoms with van der Waals surface area (Å²) in [5, 5.41) is 15.1. The van der Waals surface area contributed by atoms with Crippen LogP contribution in [-0.2, 0) is 0 Å². The van der Waals surface area contributed by atoms with E-state index in [-0.39, 0.29) is 16.4 Å². The lowest BCUT2D eigenvalue weighted by atomic mass is 10.2. The largest absolute Gasteiger partial charge is 0.478 e. The minimum atomic E-state index is -1.01. The number of carbonyl (C=O) groups is 2. The number of para-hydroxylation sites is 1. The number of thiocarbonyl (C=S) groups is 1. The van der Waals surface area contributed by atoms with Crippen LogP contribution in [0.3, 0.4) is 0 Å². The van der Waals surface area contributed by atoms with Crippen LogP contribution in [0.15, 0.2) is 59.0 Å². The van der Waals surface area contributed by atoms with Crippen LogP contribution >= 0.6 is 12.2 Å². The number of amides is 1. The van der Waals surface area contributed by atoms with Crippen molar-refractivity contribution >= 4 is 45.9 Å². The Morgan fingerprint density at radius 1 is 1.04 bits per heavy atom. The van der Waals surface area contributed by atoms with E-state index in [9.17, 15) is 9.59 Å². The van der Waals surface area contributed by atoms with Crippen molar-refractivity contribution in [2.75, 3.05) is 5.32 Å². The maximum absolute atomic E-state index is 12.1. The summed E-state index contributed by atoms with van der Waals surface area (Å²) in [4.78, 5) is 22.9. The number of hydrogen-bond donors (Lipinski definition) is 3. The van der Waals surface area contributed by atoms with E-state index < -0.39 is 11.9 Å². The Morgan fingerprint density at radius 3 is 2.42 bits per heavy atom. The van der Waals surface area contributed by atoms with Crippen molar-refractivity contribution in [2.45, 2.75) is 0 Å². The monoisotopic (exact) mass is 340 g/mol. The number of carbonyl (C=O) groups excluding carboxylic acids is 1. The van der Waals surface area contributed by atoms with Crippen molar-refractivity contribution in [3.63, 3.8) is 0 Å². The number of carboxylic acids is 1. The van der Waals surface area contributed by atoms with Crippen molar-refractivity contribution in [1.82, 2.24) is 5.32 Å². The Labute approximate surface area is 142 Å². The molecule has 6 nitrogen and oxygen atoms in total. The molecular formula is C17H12N2O4S. The highest BCUT2D eigenvalue weighted by Gasteiger charge is 2.13. The minimum Gasteiger partial charge on any atom is -0.478 e. The number of hydrogen-bond acceptors (Lipinski definition) is 4. The Bertz CT molecular complexity index is 898. The van der Waals surface area contributed by atoms with Gasteiger partial charge < -0.3 is 14.8 Å². The zero-order chi connectivity index (χ0) is 17.1. The van der Waals surface area contributed by atoms with Crippen molar-refractivity contribution < 1.29 is 19.1 Å². The van der Waals surface area contributed by atoms with Gasteiger partial charge in [-0.15, -0.1) is 0 Å². The summed E-state index contributed by atoms with van der Waals surface area (Å²) in [7, 11) is 0. The predicted molar refractivity (Wildman–Crippen MR) is 93.3 cm³/mol. The average molecular weight is 340 g/mol. The van der Waals surface area contributed by atoms with Gasteiger partial charge >= 0.3 is 5.97 Å². The number of nitrogens with one attached hydrogen (secondary N) is 2. The maximum atomic E-state index is 12.1. The molecule has 7 heteroatoms. The van der Waals surface area contributed by atoms with Crippen molar-refractivity contribution in [3.05, 3.63) is 65.9 Å². The van der Waals surface area contributed by atoms with Crippen LogP contribution in [0, 0.1) is 0 Å². The lowest BCUT2D eigenvalue weighted by Gasteiger charge is -2.08. The summed E-state index contributed by atoms with van der Waals surface area (Å²) < 4.78 is 5.46. The Kier molecular flexibility index (Phi) is 4.26. The molecule has 1 aromatic heterocycles. The molecule has 0 saturated carbocycles. The highest BCUT2D eigenvalue weighted by molar-refractivity contribution is 7.80. The summed E-state index contributed by atoms with van der Waals surface area (Å²) in [6, 6.07) is 14.9. The zero-order valence-corrected chi connectivity index (χ0v) is 13.1. The van der Waals surface area contributed by atoms with Gasteiger partial charge in [0.05, 0.1) is 5.56 Å². The molecule has 0 atom stereocenters. The molecular weight excluding hydrogens is 328 g/mol. The molecule has 3 N–H and O–H groups in total. The minimum absolute atomic E-state index is 0.0866. The van der Waals surface area contributed by atoms with E-state index >= 15 is 0 Å². The summed E-state index contributed by atoms with van der Waals surface area (Å²) in [6.07, 6.45) is 0. The molecule has 0 bridgehead atoms. The first-order valence-electron chi connectivity index (χ1n) is 6.97. The zero-order valence-electron chi connectivity index (χ0n) is 12.3. The quantitative estimate of drug-likeness (QED) is 0.634. The van der Waals surface area contributed by atoms with Gasteiger partial charge in [-0.3, -0.25) is 10.1 Å². The van der Waals surface area contributed by atoms with Crippen LogP contribution in [-0.4, -0.2) is 22.1 Å². The van der Waals surface area contributed by atoms with E-state index in [4.69, 9.17) is 21.7 Å². The van der Waals surface area contributed by atoms with Gasteiger partial charge in [-0.05, 0) is 48.6 Å². The third kappa shape index (κ3) is 3.41. The first kappa shape index (κ1) is 15.7. The predicted octanol–water partition coefficient (Wildman–Crippen LogP) is 3.26. The SMILES string of the molecule is O=C(O)c1ccc(NC(=S)NC(=O)c2cc3ccccc3o2)cc1. The lowest BCUT2D eigenvalue weighted by molar-refractivity contribution is 0.0696. The summed E-state index contributed by atoms with van der Waals surface area (Å²) >= 11 is 5.08. The summed E-state index contributed by atoms with van der Waals surface area (Å²) in [5.41, 5.74) is 1.35. The molecule has 0 unspecified atom stereocenters. The highest BCUT2D eigenvalue weighted by atomic mass is 32.1. The van der Waals surface area contributed by atoms with Crippen LogP contribution in [0.2, 0.25) is 0 Å². The number of furan rings is 1. The van der Waals surface area contributed by atoms with Gasteiger partial charge in [-0.2, -0.15) is 0 Å². The number of aromatic carboxylic acids is 1. The average Bonchev–Trinajstić information content (AvgIpc) is 2.99. The van der Waals surface area contributed by atoms with Crippen LogP contribution in [0.25, 0.3) is 11.0 Å². The van der Waals surface area contributed by atoms with E-state index in [1.807, 2.05) is 18.2 Å². The molecule has 3 rings (SSSR count). The standard InChI is InChI=1S/C17H12N2O4S/c20-15(14-9-11-3-1-2-4-13(11)23-14)19-17(24)18-12-7-5-10(6-8-12)16(21)22/h1-9H,(H,21,22)(H2,18,19,20,24). The van der Waals surface area contributed by atoms with Gasteiger partial charge in [0.25, 0.3) is 5.91 Å². The van der Waals surface area contributed by atoms with Crippen LogP contribution in [0.4, 0.5) is 5.69 Å². The molecule has 0 aliphatic rings. The molecule has 3 aromatic rings. The Balaban J connectivity index is 1.65. The van der Waals surface area contributed by atoms with Gasteiger partial charge in [-0.1, -0.05) is 18.2 Å². The van der Waals surface area contributed by atoms with Gasteiger partial charge in [0.15, 0.2) is 10.9 Å². The molecule has 120 valence electrons. The van der Waals surface area contributed by atoms with E-state index in [0.717, 1.165) is 5.39 Å². The smallest absolute Gasteiger partial charge is 0.335 e. The van der Waals surface area contributed by atoms with E-state index in [1.165, 1.54) is 12.1 Å². The topological polar surface area (TPSA) is 91.6 Å². The molecule has 2 aromatic carbocycles. The number of anilines is 1. The molecule has 0 aliphatic carbocycles. The Morgan fingerprint density at radius 2 is 1.75 bits per heavy atom. The second kappa shape index (κ2) is 6.51. The van der Waals surface area contributed by atoms with Gasteiger partial charge in [-0.25, -0.2) is 4.79 Å². The molecule has 0 radical (unpaired) electrons. The fraction of sp³-hybridized carbons (Fsp3) is 0. The third-order valence-electron chi connectivity index (χ3n) is 3.27. The first-order valence-corrected chi connectivity index (χ1v) is 7.38.